The molecule has 78 valence electrons. The fourth-order valence-corrected chi connectivity index (χ4v) is 1.34. The Morgan fingerprint density at radius 1 is 1.29 bits per heavy atom. The van der Waals surface area contributed by atoms with E-state index < -0.39 is 17.1 Å². The first-order valence-electron chi connectivity index (χ1n) is 4.04. The molecule has 0 bridgehead atoms. The molecule has 4 nitrogen and oxygen atoms in total. The van der Waals surface area contributed by atoms with Crippen LogP contribution in [-0.2, 0) is 15.5 Å². The zero-order chi connectivity index (χ0) is 10.6. The summed E-state index contributed by atoms with van der Waals surface area (Å²) in [7, 11) is 0. The van der Waals surface area contributed by atoms with Crippen molar-refractivity contribution >= 4 is 11.4 Å². The van der Waals surface area contributed by atoms with Crippen molar-refractivity contribution in [3.63, 3.8) is 0 Å². The van der Waals surface area contributed by atoms with Gasteiger partial charge < -0.3 is 4.74 Å². The van der Waals surface area contributed by atoms with Gasteiger partial charge in [0.2, 0.25) is 5.79 Å². The molecular weight excluding hydrogens is 204 g/mol. The lowest BCUT2D eigenvalue weighted by atomic mass is 10.3. The van der Waals surface area contributed by atoms with Crippen LogP contribution in [0, 0.1) is 0 Å². The fourth-order valence-electron chi connectivity index (χ4n) is 0.961. The molecule has 1 atom stereocenters. The molecule has 1 aromatic rings. The van der Waals surface area contributed by atoms with E-state index in [1.165, 1.54) is 0 Å². The summed E-state index contributed by atoms with van der Waals surface area (Å²) in [5.41, 5.74) is 0. The zero-order valence-corrected chi connectivity index (χ0v) is 8.78. The molecule has 0 heterocycles. The minimum absolute atomic E-state index is 0.586. The Hall–Kier alpha value is -0.910. The van der Waals surface area contributed by atoms with Crippen molar-refractivity contribution in [2.75, 3.05) is 0 Å². The number of hydrogen-bond acceptors (Lipinski definition) is 3. The third-order valence-corrected chi connectivity index (χ3v) is 1.92. The second-order valence-electron chi connectivity index (χ2n) is 3.12. The van der Waals surface area contributed by atoms with Crippen molar-refractivity contribution in [1.29, 1.82) is 0 Å². The summed E-state index contributed by atoms with van der Waals surface area (Å²) < 4.78 is 28.9. The highest BCUT2D eigenvalue weighted by atomic mass is 32.2. The van der Waals surface area contributed by atoms with Crippen LogP contribution in [-0.4, -0.2) is 14.5 Å². The predicted octanol–water partition coefficient (Wildman–Crippen LogP) is 1.95. The van der Waals surface area contributed by atoms with Crippen LogP contribution in [0.4, 0.5) is 0 Å². The van der Waals surface area contributed by atoms with Crippen molar-refractivity contribution in [2.24, 2.45) is 0 Å². The Balaban J connectivity index is 2.63. The number of ether oxygens (including phenoxy) is 1. The fraction of sp³-hybridized carbons (Fsp3) is 0.333. The van der Waals surface area contributed by atoms with Crippen LogP contribution < -0.4 is 4.74 Å². The largest absolute Gasteiger partial charge is 0.462 e. The Labute approximate surface area is 85.3 Å². The highest BCUT2D eigenvalue weighted by Crippen LogP contribution is 2.19. The molecule has 1 N–H and O–H groups in total. The number of rotatable bonds is 4. The summed E-state index contributed by atoms with van der Waals surface area (Å²) in [5, 5.41) is 0. The first kappa shape index (κ1) is 11.2. The van der Waals surface area contributed by atoms with Crippen LogP contribution in [0.15, 0.2) is 30.3 Å². The molecule has 1 aromatic carbocycles. The molecule has 0 amide bonds. The van der Waals surface area contributed by atoms with Gasteiger partial charge in [-0.05, 0) is 12.1 Å². The molecule has 0 radical (unpaired) electrons. The standard InChI is InChI=1S/C9H12O4S/c1-9(2,13-14(10)11)12-8-6-4-3-5-7-8/h3-7H,1-2H3,(H,10,11). The van der Waals surface area contributed by atoms with Gasteiger partial charge in [0, 0.05) is 13.8 Å². The number of para-hydroxylation sites is 1. The molecule has 0 spiro atoms. The maximum Gasteiger partial charge on any atom is 0.305 e. The van der Waals surface area contributed by atoms with Crippen molar-refractivity contribution < 1.29 is 17.7 Å². The van der Waals surface area contributed by atoms with Crippen molar-refractivity contribution in [3.05, 3.63) is 30.3 Å². The maximum atomic E-state index is 10.4. The monoisotopic (exact) mass is 216 g/mol. The zero-order valence-electron chi connectivity index (χ0n) is 7.97. The SMILES string of the molecule is CC(C)(Oc1ccccc1)OS(=O)O. The van der Waals surface area contributed by atoms with Gasteiger partial charge in [0.05, 0.1) is 0 Å². The lowest BCUT2D eigenvalue weighted by Gasteiger charge is -2.23. The highest BCUT2D eigenvalue weighted by Gasteiger charge is 2.23. The minimum Gasteiger partial charge on any atom is -0.462 e. The second-order valence-corrected chi connectivity index (χ2v) is 3.72. The molecule has 0 saturated heterocycles. The van der Waals surface area contributed by atoms with E-state index in [0.717, 1.165) is 0 Å². The van der Waals surface area contributed by atoms with Crippen LogP contribution in [0.25, 0.3) is 0 Å². The summed E-state index contributed by atoms with van der Waals surface area (Å²) in [4.78, 5) is 0. The molecule has 0 aliphatic carbocycles. The van der Waals surface area contributed by atoms with Crippen LogP contribution in [0.5, 0.6) is 5.75 Å². The molecule has 1 rings (SSSR count). The van der Waals surface area contributed by atoms with Crippen LogP contribution in [0.1, 0.15) is 13.8 Å². The smallest absolute Gasteiger partial charge is 0.305 e. The minimum atomic E-state index is -2.33. The first-order chi connectivity index (χ1) is 6.49. The molecule has 0 aliphatic rings. The molecule has 0 aliphatic heterocycles. The molecule has 5 heteroatoms. The highest BCUT2D eigenvalue weighted by molar-refractivity contribution is 7.74. The van der Waals surface area contributed by atoms with Gasteiger partial charge in [0.1, 0.15) is 5.75 Å². The Bertz CT molecular complexity index is 310. The Morgan fingerprint density at radius 3 is 2.36 bits per heavy atom. The Morgan fingerprint density at radius 2 is 1.86 bits per heavy atom. The second kappa shape index (κ2) is 4.54. The van der Waals surface area contributed by atoms with Crippen molar-refractivity contribution in [3.8, 4) is 5.75 Å². The average Bonchev–Trinajstić information content (AvgIpc) is 2.02. The van der Waals surface area contributed by atoms with Crippen LogP contribution >= 0.6 is 0 Å². The van der Waals surface area contributed by atoms with Gasteiger partial charge in [-0.25, -0.2) is 4.18 Å². The first-order valence-corrected chi connectivity index (χ1v) is 5.07. The van der Waals surface area contributed by atoms with E-state index in [1.807, 2.05) is 6.07 Å². The number of hydrogen-bond donors (Lipinski definition) is 1. The molecule has 1 unspecified atom stereocenters. The van der Waals surface area contributed by atoms with E-state index >= 15 is 0 Å². The van der Waals surface area contributed by atoms with Gasteiger partial charge in [0.25, 0.3) is 0 Å². The lowest BCUT2D eigenvalue weighted by Crippen LogP contribution is -2.32. The molecule has 14 heavy (non-hydrogen) atoms. The lowest BCUT2D eigenvalue weighted by molar-refractivity contribution is -0.0768. The van der Waals surface area contributed by atoms with E-state index in [-0.39, 0.29) is 0 Å². The molecule has 0 aromatic heterocycles. The van der Waals surface area contributed by atoms with Gasteiger partial charge in [-0.2, -0.15) is 4.21 Å². The Kier molecular flexibility index (Phi) is 3.62. The number of benzene rings is 1. The quantitative estimate of drug-likeness (QED) is 0.617. The van der Waals surface area contributed by atoms with E-state index in [9.17, 15) is 4.21 Å². The van der Waals surface area contributed by atoms with Gasteiger partial charge in [0.15, 0.2) is 0 Å². The average molecular weight is 216 g/mol. The third-order valence-electron chi connectivity index (χ3n) is 1.38. The van der Waals surface area contributed by atoms with E-state index in [4.69, 9.17) is 9.29 Å². The maximum absolute atomic E-state index is 10.4. The van der Waals surface area contributed by atoms with Gasteiger partial charge in [-0.15, -0.1) is 0 Å². The summed E-state index contributed by atoms with van der Waals surface area (Å²) in [5.74, 6) is -0.538. The van der Waals surface area contributed by atoms with E-state index in [1.54, 1.807) is 38.1 Å². The van der Waals surface area contributed by atoms with Crippen LogP contribution in [0.3, 0.4) is 0 Å². The summed E-state index contributed by atoms with van der Waals surface area (Å²) in [6.07, 6.45) is 0. The van der Waals surface area contributed by atoms with E-state index in [0.29, 0.717) is 5.75 Å². The van der Waals surface area contributed by atoms with E-state index in [2.05, 4.69) is 4.18 Å². The molecule has 0 fully saturated rings. The third kappa shape index (κ3) is 3.87. The normalized spacial score (nSPS) is 13.6. The van der Waals surface area contributed by atoms with Crippen LogP contribution in [0.2, 0.25) is 0 Å². The summed E-state index contributed by atoms with van der Waals surface area (Å²) >= 11 is -2.33. The predicted molar refractivity (Wildman–Crippen MR) is 53.0 cm³/mol. The van der Waals surface area contributed by atoms with Crippen molar-refractivity contribution in [1.82, 2.24) is 0 Å². The summed E-state index contributed by atoms with van der Waals surface area (Å²) in [6.45, 7) is 3.13. The van der Waals surface area contributed by atoms with Crippen molar-refractivity contribution in [2.45, 2.75) is 19.6 Å². The topological polar surface area (TPSA) is 55.8 Å². The van der Waals surface area contributed by atoms with Gasteiger partial charge in [-0.1, -0.05) is 18.2 Å². The van der Waals surface area contributed by atoms with Gasteiger partial charge in [-0.3, -0.25) is 4.55 Å². The molecular formula is C9H12O4S. The molecule has 0 saturated carbocycles. The summed E-state index contributed by atoms with van der Waals surface area (Å²) in [6, 6.07) is 8.95. The van der Waals surface area contributed by atoms with Gasteiger partial charge >= 0.3 is 11.4 Å².